The van der Waals surface area contributed by atoms with E-state index in [9.17, 15) is 4.79 Å². The van der Waals surface area contributed by atoms with E-state index in [0.29, 0.717) is 24.8 Å². The van der Waals surface area contributed by atoms with Crippen LogP contribution in [0.4, 0.5) is 5.95 Å². The Morgan fingerprint density at radius 1 is 1.40 bits per heavy atom. The summed E-state index contributed by atoms with van der Waals surface area (Å²) in [5.41, 5.74) is 0.682. The van der Waals surface area contributed by atoms with Crippen molar-refractivity contribution in [2.24, 2.45) is 0 Å². The van der Waals surface area contributed by atoms with Crippen LogP contribution in [0.3, 0.4) is 0 Å². The molecule has 1 aromatic heterocycles. The summed E-state index contributed by atoms with van der Waals surface area (Å²) in [4.78, 5) is 21.7. The van der Waals surface area contributed by atoms with E-state index in [-0.39, 0.29) is 11.7 Å². The van der Waals surface area contributed by atoms with Crippen LogP contribution in [0.15, 0.2) is 6.07 Å². The van der Waals surface area contributed by atoms with Gasteiger partial charge < -0.3 is 14.7 Å². The fourth-order valence-corrected chi connectivity index (χ4v) is 2.16. The zero-order valence-electron chi connectivity index (χ0n) is 12.6. The molecule has 6 heteroatoms. The van der Waals surface area contributed by atoms with E-state index in [1.54, 1.807) is 14.0 Å². The van der Waals surface area contributed by atoms with Gasteiger partial charge in [0.25, 0.3) is 0 Å². The van der Waals surface area contributed by atoms with Crippen LogP contribution in [-0.4, -0.2) is 47.3 Å². The van der Waals surface area contributed by atoms with Crippen molar-refractivity contribution in [2.45, 2.75) is 39.7 Å². The summed E-state index contributed by atoms with van der Waals surface area (Å²) in [7, 11) is 1.64. The number of methoxy groups -OCH3 is 1. The Morgan fingerprint density at radius 3 is 2.55 bits per heavy atom. The smallest absolute Gasteiger partial charge is 0.354 e. The second-order valence-electron chi connectivity index (χ2n) is 4.66. The van der Waals surface area contributed by atoms with Gasteiger partial charge in [0.1, 0.15) is 0 Å². The van der Waals surface area contributed by atoms with Gasteiger partial charge in [-0.3, -0.25) is 0 Å². The first kappa shape index (κ1) is 16.4. The number of carbonyl (C=O) groups is 1. The van der Waals surface area contributed by atoms with Gasteiger partial charge in [-0.25, -0.2) is 14.8 Å². The van der Waals surface area contributed by atoms with Crippen molar-refractivity contribution in [3.8, 4) is 0 Å². The molecule has 0 fully saturated rings. The van der Waals surface area contributed by atoms with Gasteiger partial charge in [-0.05, 0) is 25.8 Å². The standard InChI is InChI=1S/C14H23N3O3/c1-5-11(6-2)17(7-8-20-4)14-15-10(3)9-12(16-14)13(18)19/h9,11H,5-8H2,1-4H3,(H,18,19). The zero-order valence-corrected chi connectivity index (χ0v) is 12.6. The normalized spacial score (nSPS) is 10.8. The first-order chi connectivity index (χ1) is 9.53. The number of rotatable bonds is 8. The van der Waals surface area contributed by atoms with Gasteiger partial charge in [-0.15, -0.1) is 0 Å². The minimum Gasteiger partial charge on any atom is -0.477 e. The number of hydrogen-bond donors (Lipinski definition) is 1. The molecular weight excluding hydrogens is 258 g/mol. The summed E-state index contributed by atoms with van der Waals surface area (Å²) in [5.74, 6) is -0.568. The molecule has 112 valence electrons. The molecule has 6 nitrogen and oxygen atoms in total. The monoisotopic (exact) mass is 281 g/mol. The van der Waals surface area contributed by atoms with E-state index in [1.165, 1.54) is 6.07 Å². The molecule has 0 bridgehead atoms. The molecule has 1 N–H and O–H groups in total. The zero-order chi connectivity index (χ0) is 15.1. The summed E-state index contributed by atoms with van der Waals surface area (Å²) in [5, 5.41) is 9.11. The Bertz CT molecular complexity index is 447. The number of ether oxygens (including phenoxy) is 1. The second kappa shape index (κ2) is 7.79. The molecule has 1 heterocycles. The molecule has 0 aliphatic rings. The minimum atomic E-state index is -1.03. The summed E-state index contributed by atoms with van der Waals surface area (Å²) >= 11 is 0. The maximum atomic E-state index is 11.1. The van der Waals surface area contributed by atoms with E-state index < -0.39 is 5.97 Å². The van der Waals surface area contributed by atoms with Crippen molar-refractivity contribution in [2.75, 3.05) is 25.2 Å². The van der Waals surface area contributed by atoms with Crippen molar-refractivity contribution in [1.29, 1.82) is 0 Å². The molecule has 0 saturated carbocycles. The van der Waals surface area contributed by atoms with Crippen LogP contribution < -0.4 is 4.90 Å². The highest BCUT2D eigenvalue weighted by atomic mass is 16.5. The topological polar surface area (TPSA) is 75.5 Å². The predicted octanol–water partition coefficient (Wildman–Crippen LogP) is 2.12. The van der Waals surface area contributed by atoms with Crippen molar-refractivity contribution in [3.05, 3.63) is 17.5 Å². The van der Waals surface area contributed by atoms with Crippen molar-refractivity contribution >= 4 is 11.9 Å². The molecule has 0 aliphatic heterocycles. The van der Waals surface area contributed by atoms with Crippen molar-refractivity contribution in [3.63, 3.8) is 0 Å². The van der Waals surface area contributed by atoms with E-state index >= 15 is 0 Å². The average molecular weight is 281 g/mol. The molecule has 0 aliphatic carbocycles. The molecule has 0 radical (unpaired) electrons. The summed E-state index contributed by atoms with van der Waals surface area (Å²) < 4.78 is 5.13. The van der Waals surface area contributed by atoms with Gasteiger partial charge in [0.05, 0.1) is 6.61 Å². The molecule has 0 aromatic carbocycles. The summed E-state index contributed by atoms with van der Waals surface area (Å²) in [6, 6.07) is 1.75. The highest BCUT2D eigenvalue weighted by Gasteiger charge is 2.20. The van der Waals surface area contributed by atoms with E-state index in [4.69, 9.17) is 9.84 Å². The molecule has 0 atom stereocenters. The van der Waals surface area contributed by atoms with E-state index in [1.807, 2.05) is 4.90 Å². The van der Waals surface area contributed by atoms with Crippen LogP contribution in [0.5, 0.6) is 0 Å². The highest BCUT2D eigenvalue weighted by molar-refractivity contribution is 5.85. The number of anilines is 1. The largest absolute Gasteiger partial charge is 0.477 e. The fourth-order valence-electron chi connectivity index (χ4n) is 2.16. The van der Waals surface area contributed by atoms with Gasteiger partial charge in [0, 0.05) is 25.4 Å². The third-order valence-electron chi connectivity index (χ3n) is 3.24. The lowest BCUT2D eigenvalue weighted by atomic mass is 10.1. The van der Waals surface area contributed by atoms with E-state index in [2.05, 4.69) is 23.8 Å². The lowest BCUT2D eigenvalue weighted by Crippen LogP contribution is -2.38. The first-order valence-corrected chi connectivity index (χ1v) is 6.88. The van der Waals surface area contributed by atoms with Gasteiger partial charge >= 0.3 is 5.97 Å². The van der Waals surface area contributed by atoms with Crippen LogP contribution in [-0.2, 0) is 4.74 Å². The van der Waals surface area contributed by atoms with Gasteiger partial charge in [0.2, 0.25) is 5.95 Å². The van der Waals surface area contributed by atoms with Crippen LogP contribution in [0, 0.1) is 6.92 Å². The number of hydrogen-bond acceptors (Lipinski definition) is 5. The molecule has 0 amide bonds. The predicted molar refractivity (Wildman–Crippen MR) is 77.3 cm³/mol. The lowest BCUT2D eigenvalue weighted by molar-refractivity contribution is 0.0690. The Kier molecular flexibility index (Phi) is 6.38. The average Bonchev–Trinajstić information content (AvgIpc) is 2.42. The van der Waals surface area contributed by atoms with Crippen LogP contribution in [0.1, 0.15) is 42.9 Å². The fraction of sp³-hybridized carbons (Fsp3) is 0.643. The molecule has 0 spiro atoms. The number of carboxylic acids is 1. The number of nitrogens with zero attached hydrogens (tertiary/aromatic N) is 3. The summed E-state index contributed by atoms with van der Waals surface area (Å²) in [6.07, 6.45) is 1.89. The Hall–Kier alpha value is -1.69. The number of carboxylic acid groups (broad SMARTS) is 1. The minimum absolute atomic E-state index is 0.0286. The number of aromatic nitrogens is 2. The maximum Gasteiger partial charge on any atom is 0.354 e. The number of aryl methyl sites for hydroxylation is 1. The van der Waals surface area contributed by atoms with Gasteiger partial charge in [-0.1, -0.05) is 13.8 Å². The molecule has 1 rings (SSSR count). The second-order valence-corrected chi connectivity index (χ2v) is 4.66. The SMILES string of the molecule is CCC(CC)N(CCOC)c1nc(C)cc(C(=O)O)n1. The molecule has 1 aromatic rings. The van der Waals surface area contributed by atoms with Crippen LogP contribution in [0.2, 0.25) is 0 Å². The highest BCUT2D eigenvalue weighted by Crippen LogP contribution is 2.17. The summed E-state index contributed by atoms with van der Waals surface area (Å²) in [6.45, 7) is 7.17. The van der Waals surface area contributed by atoms with Crippen molar-refractivity contribution < 1.29 is 14.6 Å². The number of aromatic carboxylic acids is 1. The molecular formula is C14H23N3O3. The first-order valence-electron chi connectivity index (χ1n) is 6.88. The van der Waals surface area contributed by atoms with Gasteiger partial charge in [-0.2, -0.15) is 0 Å². The van der Waals surface area contributed by atoms with Crippen LogP contribution >= 0.6 is 0 Å². The Labute approximate surface area is 119 Å². The maximum absolute atomic E-state index is 11.1. The van der Waals surface area contributed by atoms with Gasteiger partial charge in [0.15, 0.2) is 5.69 Å². The molecule has 0 saturated heterocycles. The molecule has 20 heavy (non-hydrogen) atoms. The Morgan fingerprint density at radius 2 is 2.05 bits per heavy atom. The van der Waals surface area contributed by atoms with Crippen LogP contribution in [0.25, 0.3) is 0 Å². The third kappa shape index (κ3) is 4.16. The van der Waals surface area contributed by atoms with E-state index in [0.717, 1.165) is 12.8 Å². The molecule has 0 unspecified atom stereocenters. The third-order valence-corrected chi connectivity index (χ3v) is 3.24. The Balaban J connectivity index is 3.14. The quantitative estimate of drug-likeness (QED) is 0.786. The lowest BCUT2D eigenvalue weighted by Gasteiger charge is -2.30. The van der Waals surface area contributed by atoms with Crippen molar-refractivity contribution in [1.82, 2.24) is 9.97 Å².